The summed E-state index contributed by atoms with van der Waals surface area (Å²) >= 11 is 12.1. The van der Waals surface area contributed by atoms with E-state index in [-0.39, 0.29) is 22.2 Å². The predicted octanol–water partition coefficient (Wildman–Crippen LogP) is 3.18. The van der Waals surface area contributed by atoms with Crippen LogP contribution < -0.4 is 16.0 Å². The number of rotatable bonds is 5. The summed E-state index contributed by atoms with van der Waals surface area (Å²) in [6.07, 6.45) is -1.20. The maximum atomic E-state index is 12.6. The molecule has 2 saturated carbocycles. The van der Waals surface area contributed by atoms with Crippen molar-refractivity contribution >= 4 is 53.0 Å². The van der Waals surface area contributed by atoms with Crippen molar-refractivity contribution in [3.8, 4) is 0 Å². The number of benzene rings is 1. The minimum absolute atomic E-state index is 0.157. The first-order chi connectivity index (χ1) is 14.8. The second-order valence-corrected chi connectivity index (χ2v) is 9.69. The lowest BCUT2D eigenvalue weighted by Crippen LogP contribution is -2.58. The van der Waals surface area contributed by atoms with Gasteiger partial charge < -0.3 is 30.9 Å². The number of hydrogen-bond donors (Lipinski definition) is 5. The van der Waals surface area contributed by atoms with Gasteiger partial charge in [0.05, 0.1) is 21.7 Å². The average Bonchev–Trinajstić information content (AvgIpc) is 3.31. The van der Waals surface area contributed by atoms with Crippen molar-refractivity contribution in [3.63, 3.8) is 0 Å². The molecule has 5 N–H and O–H groups in total. The van der Waals surface area contributed by atoms with Crippen LogP contribution in [-0.4, -0.2) is 51.5 Å². The Kier molecular flexibility index (Phi) is 6.23. The van der Waals surface area contributed by atoms with Crippen molar-refractivity contribution in [2.24, 2.45) is 17.8 Å². The molecule has 5 unspecified atom stereocenters. The second-order valence-electron chi connectivity index (χ2n) is 8.88. The van der Waals surface area contributed by atoms with E-state index in [0.717, 1.165) is 0 Å². The fraction of sp³-hybridized carbons (Fsp3) is 0.500. The van der Waals surface area contributed by atoms with Gasteiger partial charge in [0.25, 0.3) is 0 Å². The molecule has 10 nitrogen and oxygen atoms in total. The van der Waals surface area contributed by atoms with Gasteiger partial charge in [0, 0.05) is 18.4 Å². The van der Waals surface area contributed by atoms with Gasteiger partial charge in [-0.15, -0.1) is 0 Å². The average molecular weight is 488 g/mol. The number of hydrogen-bond acceptors (Lipinski definition) is 5. The van der Waals surface area contributed by atoms with Crippen LogP contribution in [0.3, 0.4) is 0 Å². The number of carbonyl (C=O) groups is 4. The molecule has 2 aliphatic carbocycles. The van der Waals surface area contributed by atoms with Crippen molar-refractivity contribution in [2.75, 3.05) is 5.32 Å². The molecule has 3 amide bonds. The Hall–Kier alpha value is -2.72. The minimum atomic E-state index is -1.91. The Morgan fingerprint density at radius 2 is 1.72 bits per heavy atom. The SMILES string of the molecule is CC(C)(C)OC(=O)NC1(C(=O)O)CC(NC(=O)Nc2c(Cl)cccc2Cl)C2C(C(=O)O)C21. The Morgan fingerprint density at radius 1 is 1.12 bits per heavy atom. The molecule has 174 valence electrons. The first kappa shape index (κ1) is 23.9. The number of urea groups is 1. The molecule has 5 atom stereocenters. The number of ether oxygens (including phenoxy) is 1. The lowest BCUT2D eigenvalue weighted by molar-refractivity contribution is -0.147. The molecule has 1 aromatic rings. The molecule has 0 radical (unpaired) electrons. The number of carboxylic acids is 2. The number of anilines is 1. The first-order valence-electron chi connectivity index (χ1n) is 9.76. The Labute approximate surface area is 193 Å². The van der Waals surface area contributed by atoms with Crippen molar-refractivity contribution in [1.29, 1.82) is 0 Å². The fourth-order valence-corrected chi connectivity index (χ4v) is 4.89. The number of para-hydroxylation sites is 1. The molecule has 0 heterocycles. The molecule has 12 heteroatoms. The molecule has 0 aliphatic heterocycles. The number of fused-ring (bicyclic) bond motifs is 1. The van der Waals surface area contributed by atoms with Crippen LogP contribution in [0, 0.1) is 17.8 Å². The van der Waals surface area contributed by atoms with E-state index < -0.39 is 59.0 Å². The zero-order valence-electron chi connectivity index (χ0n) is 17.4. The fourth-order valence-electron chi connectivity index (χ4n) is 4.39. The van der Waals surface area contributed by atoms with Gasteiger partial charge >= 0.3 is 24.1 Å². The van der Waals surface area contributed by atoms with E-state index in [1.165, 1.54) is 12.1 Å². The summed E-state index contributed by atoms with van der Waals surface area (Å²) in [4.78, 5) is 48.8. The van der Waals surface area contributed by atoms with Crippen LogP contribution in [0.15, 0.2) is 18.2 Å². The third-order valence-electron chi connectivity index (χ3n) is 5.56. The second kappa shape index (κ2) is 8.32. The first-order valence-corrected chi connectivity index (χ1v) is 10.5. The molecule has 1 aromatic carbocycles. The number of aliphatic carboxylic acids is 2. The van der Waals surface area contributed by atoms with Crippen LogP contribution in [0.25, 0.3) is 0 Å². The van der Waals surface area contributed by atoms with E-state index in [1.54, 1.807) is 26.8 Å². The van der Waals surface area contributed by atoms with Gasteiger partial charge in [0.2, 0.25) is 0 Å². The van der Waals surface area contributed by atoms with Crippen LogP contribution in [0.1, 0.15) is 27.2 Å². The molecule has 0 saturated heterocycles. The lowest BCUT2D eigenvalue weighted by Gasteiger charge is -2.31. The number of halogens is 2. The quantitative estimate of drug-likeness (QED) is 0.427. The van der Waals surface area contributed by atoms with E-state index in [4.69, 9.17) is 27.9 Å². The monoisotopic (exact) mass is 487 g/mol. The maximum Gasteiger partial charge on any atom is 0.408 e. The Morgan fingerprint density at radius 3 is 2.22 bits per heavy atom. The standard InChI is InChI=1S/C20H23Cl2N3O7/c1-19(2,3)32-18(31)25-20(16(28)29)7-10(11-12(13(11)20)15(26)27)23-17(30)24-14-8(21)5-4-6-9(14)22/h4-6,10-13H,7H2,1-3H3,(H,25,31)(H,26,27)(H,28,29)(H2,23,24,30). The minimum Gasteiger partial charge on any atom is -0.481 e. The highest BCUT2D eigenvalue weighted by Gasteiger charge is 2.76. The zero-order valence-corrected chi connectivity index (χ0v) is 19.0. The van der Waals surface area contributed by atoms with Crippen LogP contribution in [0.5, 0.6) is 0 Å². The number of amides is 3. The summed E-state index contributed by atoms with van der Waals surface area (Å²) < 4.78 is 5.17. The third-order valence-corrected chi connectivity index (χ3v) is 6.19. The van der Waals surface area contributed by atoms with Gasteiger partial charge in [0.15, 0.2) is 0 Å². The molecule has 3 rings (SSSR count). The summed E-state index contributed by atoms with van der Waals surface area (Å²) in [6, 6.07) is 3.07. The van der Waals surface area contributed by atoms with Gasteiger partial charge in [0.1, 0.15) is 11.1 Å². The van der Waals surface area contributed by atoms with Gasteiger partial charge in [-0.05, 0) is 38.8 Å². The van der Waals surface area contributed by atoms with E-state index in [1.807, 2.05) is 0 Å². The normalized spacial score (nSPS) is 28.3. The summed E-state index contributed by atoms with van der Waals surface area (Å²) in [5.74, 6) is -5.27. The number of alkyl carbamates (subject to hydrolysis) is 1. The summed E-state index contributed by atoms with van der Waals surface area (Å²) in [7, 11) is 0. The van der Waals surface area contributed by atoms with Gasteiger partial charge in [-0.3, -0.25) is 4.79 Å². The highest BCUT2D eigenvalue weighted by molar-refractivity contribution is 6.39. The molecule has 32 heavy (non-hydrogen) atoms. The smallest absolute Gasteiger partial charge is 0.408 e. The maximum absolute atomic E-state index is 12.6. The molecule has 2 aliphatic rings. The van der Waals surface area contributed by atoms with Gasteiger partial charge in [-0.1, -0.05) is 29.3 Å². The number of nitrogens with one attached hydrogen (secondary N) is 3. The highest BCUT2D eigenvalue weighted by Crippen LogP contribution is 2.62. The van der Waals surface area contributed by atoms with Gasteiger partial charge in [-0.25, -0.2) is 14.4 Å². The Balaban J connectivity index is 1.81. The summed E-state index contributed by atoms with van der Waals surface area (Å²) in [5, 5.41) is 27.3. The van der Waals surface area contributed by atoms with Crippen LogP contribution >= 0.6 is 23.2 Å². The van der Waals surface area contributed by atoms with Crippen molar-refractivity contribution < 1.29 is 34.1 Å². The molecular formula is C20H23Cl2N3O7. The van der Waals surface area contributed by atoms with E-state index in [2.05, 4.69) is 16.0 Å². The molecule has 0 aromatic heterocycles. The summed E-state index contributed by atoms with van der Waals surface area (Å²) in [6.45, 7) is 4.84. The summed E-state index contributed by atoms with van der Waals surface area (Å²) in [5.41, 5.74) is -2.64. The van der Waals surface area contributed by atoms with E-state index in [0.29, 0.717) is 0 Å². The van der Waals surface area contributed by atoms with Crippen molar-refractivity contribution in [3.05, 3.63) is 28.2 Å². The topological polar surface area (TPSA) is 154 Å². The van der Waals surface area contributed by atoms with Crippen LogP contribution in [0.4, 0.5) is 15.3 Å². The molecule has 2 fully saturated rings. The van der Waals surface area contributed by atoms with Gasteiger partial charge in [-0.2, -0.15) is 0 Å². The largest absolute Gasteiger partial charge is 0.481 e. The van der Waals surface area contributed by atoms with Crippen LogP contribution in [0.2, 0.25) is 10.0 Å². The number of carboxylic acid groups (broad SMARTS) is 2. The lowest BCUT2D eigenvalue weighted by atomic mass is 9.89. The van der Waals surface area contributed by atoms with Crippen molar-refractivity contribution in [2.45, 2.75) is 44.4 Å². The number of carbonyl (C=O) groups excluding carboxylic acids is 2. The molecular weight excluding hydrogens is 465 g/mol. The molecule has 0 bridgehead atoms. The highest BCUT2D eigenvalue weighted by atomic mass is 35.5. The predicted molar refractivity (Wildman–Crippen MR) is 115 cm³/mol. The van der Waals surface area contributed by atoms with E-state index in [9.17, 15) is 29.4 Å². The zero-order chi connectivity index (χ0) is 24.0. The Bertz CT molecular complexity index is 960. The van der Waals surface area contributed by atoms with Crippen molar-refractivity contribution in [1.82, 2.24) is 10.6 Å². The van der Waals surface area contributed by atoms with Crippen LogP contribution in [-0.2, 0) is 14.3 Å². The van der Waals surface area contributed by atoms with E-state index >= 15 is 0 Å². The molecule has 0 spiro atoms. The third kappa shape index (κ3) is 4.56.